The molecule has 1 aliphatic rings. The van der Waals surface area contributed by atoms with Crippen LogP contribution in [-0.4, -0.2) is 23.3 Å². The maximum Gasteiger partial charge on any atom is 0.254 e. The largest absolute Gasteiger partial charge is 0.331 e. The van der Waals surface area contributed by atoms with E-state index in [9.17, 15) is 9.59 Å². The number of benzene rings is 2. The number of carbonyl (C=O) groups excluding carboxylic acids is 2. The summed E-state index contributed by atoms with van der Waals surface area (Å²) in [5.74, 6) is -0.264. The minimum Gasteiger partial charge on any atom is -0.331 e. The van der Waals surface area contributed by atoms with Crippen molar-refractivity contribution in [3.8, 4) is 0 Å². The molecule has 4 nitrogen and oxygen atoms in total. The molecule has 1 atom stereocenters. The Bertz CT molecular complexity index is 786. The number of hydrogen-bond acceptors (Lipinski definition) is 2. The van der Waals surface area contributed by atoms with Crippen LogP contribution in [0.1, 0.15) is 28.4 Å². The van der Waals surface area contributed by atoms with Gasteiger partial charge in [-0.05, 0) is 54.5 Å². The van der Waals surface area contributed by atoms with Gasteiger partial charge >= 0.3 is 0 Å². The highest BCUT2D eigenvalue weighted by molar-refractivity contribution is 9.10. The first-order valence-electron chi connectivity index (χ1n) is 7.68. The van der Waals surface area contributed by atoms with Crippen molar-refractivity contribution in [3.63, 3.8) is 0 Å². The zero-order valence-electron chi connectivity index (χ0n) is 13.0. The minimum atomic E-state index is -0.272. The van der Waals surface area contributed by atoms with E-state index in [2.05, 4.69) is 33.9 Å². The third-order valence-electron chi connectivity index (χ3n) is 4.10. The molecule has 1 heterocycles. The number of hydrogen-bond donors (Lipinski definition) is 1. The first kappa shape index (κ1) is 16.5. The lowest BCUT2D eigenvalue weighted by Gasteiger charge is -2.41. The Morgan fingerprint density at radius 1 is 1.21 bits per heavy atom. The van der Waals surface area contributed by atoms with E-state index in [0.717, 1.165) is 23.0 Å². The van der Waals surface area contributed by atoms with Crippen LogP contribution in [0.3, 0.4) is 0 Å². The van der Waals surface area contributed by atoms with Crippen molar-refractivity contribution >= 4 is 33.4 Å². The monoisotopic (exact) mass is 384 g/mol. The Balaban J connectivity index is 1.72. The highest BCUT2D eigenvalue weighted by Gasteiger charge is 2.33. The third kappa shape index (κ3) is 3.41. The molecule has 1 N–H and O–H groups in total. The molecule has 1 unspecified atom stereocenters. The van der Waals surface area contributed by atoms with E-state index in [4.69, 9.17) is 0 Å². The van der Waals surface area contributed by atoms with Gasteiger partial charge in [0, 0.05) is 22.3 Å². The second-order valence-electron chi connectivity index (χ2n) is 5.63. The Hall–Kier alpha value is -2.40. The van der Waals surface area contributed by atoms with Gasteiger partial charge in [-0.25, -0.2) is 0 Å². The average molecular weight is 385 g/mol. The van der Waals surface area contributed by atoms with Crippen molar-refractivity contribution in [3.05, 3.63) is 76.8 Å². The molecule has 0 radical (unpaired) electrons. The van der Waals surface area contributed by atoms with Gasteiger partial charge in [-0.15, -0.1) is 0 Å². The van der Waals surface area contributed by atoms with E-state index < -0.39 is 0 Å². The number of nitrogens with one attached hydrogen (secondary N) is 1. The number of carbonyl (C=O) groups is 2. The first-order chi connectivity index (χ1) is 11.6. The fraction of sp³-hybridized carbons (Fsp3) is 0.158. The van der Waals surface area contributed by atoms with E-state index in [1.165, 1.54) is 6.08 Å². The van der Waals surface area contributed by atoms with Gasteiger partial charge in [0.05, 0.1) is 6.04 Å². The molecule has 2 aromatic carbocycles. The van der Waals surface area contributed by atoms with Crippen LogP contribution in [0.5, 0.6) is 0 Å². The maximum absolute atomic E-state index is 12.7. The zero-order valence-corrected chi connectivity index (χ0v) is 14.6. The van der Waals surface area contributed by atoms with Gasteiger partial charge in [-0.1, -0.05) is 34.6 Å². The van der Waals surface area contributed by atoms with Crippen molar-refractivity contribution in [2.45, 2.75) is 12.5 Å². The Morgan fingerprint density at radius 3 is 2.54 bits per heavy atom. The quantitative estimate of drug-likeness (QED) is 0.804. The second kappa shape index (κ2) is 7.01. The number of amides is 2. The summed E-state index contributed by atoms with van der Waals surface area (Å²) in [6, 6.07) is 15.1. The normalized spacial score (nSPS) is 16.2. The molecule has 0 aromatic heterocycles. The van der Waals surface area contributed by atoms with Gasteiger partial charge in [-0.2, -0.15) is 0 Å². The highest BCUT2D eigenvalue weighted by atomic mass is 79.9. The number of halogens is 1. The van der Waals surface area contributed by atoms with Gasteiger partial charge < -0.3 is 10.2 Å². The summed E-state index contributed by atoms with van der Waals surface area (Å²) in [4.78, 5) is 25.9. The Morgan fingerprint density at radius 2 is 1.96 bits per heavy atom. The lowest BCUT2D eigenvalue weighted by Crippen LogP contribution is -2.45. The molecule has 1 saturated heterocycles. The fourth-order valence-electron chi connectivity index (χ4n) is 2.75. The molecule has 1 fully saturated rings. The fourth-order valence-corrected chi connectivity index (χ4v) is 3.16. The summed E-state index contributed by atoms with van der Waals surface area (Å²) in [6.07, 6.45) is 2.18. The lowest BCUT2D eigenvalue weighted by atomic mass is 9.93. The topological polar surface area (TPSA) is 49.4 Å². The predicted molar refractivity (Wildman–Crippen MR) is 97.8 cm³/mol. The summed E-state index contributed by atoms with van der Waals surface area (Å²) < 4.78 is 1.02. The van der Waals surface area contributed by atoms with Crippen LogP contribution in [0.4, 0.5) is 5.69 Å². The minimum absolute atomic E-state index is 0.00724. The Labute approximate surface area is 149 Å². The molecule has 0 aliphatic carbocycles. The van der Waals surface area contributed by atoms with Crippen LogP contribution in [0.2, 0.25) is 0 Å². The smallest absolute Gasteiger partial charge is 0.254 e. The molecule has 0 saturated carbocycles. The van der Waals surface area contributed by atoms with E-state index in [-0.39, 0.29) is 17.9 Å². The molecule has 0 bridgehead atoms. The molecular weight excluding hydrogens is 368 g/mol. The summed E-state index contributed by atoms with van der Waals surface area (Å²) in [5.41, 5.74) is 2.40. The third-order valence-corrected chi connectivity index (χ3v) is 4.59. The highest BCUT2D eigenvalue weighted by Crippen LogP contribution is 2.35. The van der Waals surface area contributed by atoms with Crippen LogP contribution in [-0.2, 0) is 4.79 Å². The van der Waals surface area contributed by atoms with E-state index in [1.807, 2.05) is 23.1 Å². The van der Waals surface area contributed by atoms with Crippen LogP contribution in [0.25, 0.3) is 0 Å². The predicted octanol–water partition coefficient (Wildman–Crippen LogP) is 4.16. The molecule has 24 heavy (non-hydrogen) atoms. The molecule has 3 rings (SSSR count). The van der Waals surface area contributed by atoms with Gasteiger partial charge in [0.1, 0.15) is 0 Å². The summed E-state index contributed by atoms with van der Waals surface area (Å²) in [5, 5.41) is 2.67. The van der Waals surface area contributed by atoms with Crippen molar-refractivity contribution < 1.29 is 9.59 Å². The number of likely N-dealkylation sites (tertiary alicyclic amines) is 1. The van der Waals surface area contributed by atoms with Gasteiger partial charge in [0.25, 0.3) is 5.91 Å². The number of rotatable bonds is 4. The molecule has 2 amide bonds. The SMILES string of the molecule is C=CC(=O)Nc1ccc(C(=O)N2CCC2c2cccc(Br)c2)cc1. The van der Waals surface area contributed by atoms with Gasteiger partial charge in [0.2, 0.25) is 5.91 Å². The molecular formula is C19H17BrN2O2. The van der Waals surface area contributed by atoms with Crippen LogP contribution < -0.4 is 5.32 Å². The Kier molecular flexibility index (Phi) is 4.81. The summed E-state index contributed by atoms with van der Waals surface area (Å²) in [6.45, 7) is 4.17. The summed E-state index contributed by atoms with van der Waals surface area (Å²) >= 11 is 3.47. The zero-order chi connectivity index (χ0) is 17.1. The van der Waals surface area contributed by atoms with Crippen molar-refractivity contribution in [1.29, 1.82) is 0 Å². The van der Waals surface area contributed by atoms with Crippen molar-refractivity contribution in [1.82, 2.24) is 4.90 Å². The standard InChI is InChI=1S/C19H17BrN2O2/c1-2-18(23)21-16-8-6-13(7-9-16)19(24)22-11-10-17(22)14-4-3-5-15(20)12-14/h2-9,12,17H,1,10-11H2,(H,21,23). The van der Waals surface area contributed by atoms with Crippen LogP contribution in [0.15, 0.2) is 65.7 Å². The van der Waals surface area contributed by atoms with E-state index in [1.54, 1.807) is 24.3 Å². The molecule has 2 aromatic rings. The maximum atomic E-state index is 12.7. The molecule has 122 valence electrons. The molecule has 5 heteroatoms. The second-order valence-corrected chi connectivity index (χ2v) is 6.54. The van der Waals surface area contributed by atoms with Crippen LogP contribution >= 0.6 is 15.9 Å². The number of nitrogens with zero attached hydrogens (tertiary/aromatic N) is 1. The molecule has 0 spiro atoms. The van der Waals surface area contributed by atoms with Gasteiger partial charge in [-0.3, -0.25) is 9.59 Å². The average Bonchev–Trinajstić information content (AvgIpc) is 2.54. The van der Waals surface area contributed by atoms with Crippen molar-refractivity contribution in [2.24, 2.45) is 0 Å². The number of anilines is 1. The molecule has 1 aliphatic heterocycles. The lowest BCUT2D eigenvalue weighted by molar-refractivity contribution is -0.111. The van der Waals surface area contributed by atoms with Crippen molar-refractivity contribution in [2.75, 3.05) is 11.9 Å². The first-order valence-corrected chi connectivity index (χ1v) is 8.47. The van der Waals surface area contributed by atoms with Gasteiger partial charge in [0.15, 0.2) is 0 Å². The van der Waals surface area contributed by atoms with E-state index >= 15 is 0 Å². The summed E-state index contributed by atoms with van der Waals surface area (Å²) in [7, 11) is 0. The van der Waals surface area contributed by atoms with Crippen LogP contribution in [0, 0.1) is 0 Å². The van der Waals surface area contributed by atoms with E-state index in [0.29, 0.717) is 11.3 Å².